The lowest BCUT2D eigenvalue weighted by atomic mass is 9.76. The summed E-state index contributed by atoms with van der Waals surface area (Å²) in [5, 5.41) is 3.11. The maximum atomic E-state index is 12.5. The molecular formula is C19H18N4O2. The van der Waals surface area contributed by atoms with Crippen LogP contribution in [0.1, 0.15) is 23.2 Å². The van der Waals surface area contributed by atoms with Crippen molar-refractivity contribution in [2.24, 2.45) is 5.92 Å². The van der Waals surface area contributed by atoms with Crippen LogP contribution in [0.5, 0.6) is 0 Å². The van der Waals surface area contributed by atoms with Crippen LogP contribution in [0.25, 0.3) is 16.9 Å². The van der Waals surface area contributed by atoms with Crippen molar-refractivity contribution in [2.75, 3.05) is 6.61 Å². The van der Waals surface area contributed by atoms with E-state index in [-0.39, 0.29) is 11.9 Å². The van der Waals surface area contributed by atoms with E-state index in [9.17, 15) is 4.79 Å². The van der Waals surface area contributed by atoms with Gasteiger partial charge >= 0.3 is 0 Å². The molecule has 1 N–H and O–H groups in total. The highest BCUT2D eigenvalue weighted by Crippen LogP contribution is 2.38. The summed E-state index contributed by atoms with van der Waals surface area (Å²) in [6, 6.07) is 11.9. The second-order valence-electron chi connectivity index (χ2n) is 6.69. The van der Waals surface area contributed by atoms with Gasteiger partial charge in [-0.3, -0.25) is 9.36 Å². The molecule has 1 saturated carbocycles. The predicted molar refractivity (Wildman–Crippen MR) is 92.6 cm³/mol. The van der Waals surface area contributed by atoms with E-state index >= 15 is 0 Å². The minimum Gasteiger partial charge on any atom is -0.378 e. The van der Waals surface area contributed by atoms with Crippen LogP contribution in [0, 0.1) is 5.92 Å². The first kappa shape index (κ1) is 14.6. The number of nitrogens with one attached hydrogen (secondary N) is 1. The third kappa shape index (κ3) is 2.41. The number of hydrogen-bond donors (Lipinski definition) is 1. The molecular weight excluding hydrogens is 316 g/mol. The Labute approximate surface area is 144 Å². The van der Waals surface area contributed by atoms with Crippen molar-refractivity contribution in [3.05, 3.63) is 54.5 Å². The first-order valence-electron chi connectivity index (χ1n) is 8.60. The van der Waals surface area contributed by atoms with Gasteiger partial charge in [-0.2, -0.15) is 0 Å². The smallest absolute Gasteiger partial charge is 0.253 e. The van der Waals surface area contributed by atoms with Crippen LogP contribution in [0.2, 0.25) is 0 Å². The van der Waals surface area contributed by atoms with Crippen LogP contribution in [0.15, 0.2) is 48.9 Å². The van der Waals surface area contributed by atoms with Crippen molar-refractivity contribution in [3.63, 3.8) is 0 Å². The quantitative estimate of drug-likeness (QED) is 0.798. The molecule has 6 nitrogen and oxygen atoms in total. The zero-order valence-electron chi connectivity index (χ0n) is 13.6. The average molecular weight is 334 g/mol. The molecule has 25 heavy (non-hydrogen) atoms. The lowest BCUT2D eigenvalue weighted by Gasteiger charge is -2.39. The number of carbonyl (C=O) groups is 1. The van der Waals surface area contributed by atoms with Crippen LogP contribution in [0.3, 0.4) is 0 Å². The van der Waals surface area contributed by atoms with E-state index in [1.54, 1.807) is 18.6 Å². The van der Waals surface area contributed by atoms with E-state index < -0.39 is 0 Å². The summed E-state index contributed by atoms with van der Waals surface area (Å²) >= 11 is 0. The van der Waals surface area contributed by atoms with Gasteiger partial charge in [0.25, 0.3) is 5.91 Å². The van der Waals surface area contributed by atoms with E-state index in [0.29, 0.717) is 23.1 Å². The van der Waals surface area contributed by atoms with Crippen molar-refractivity contribution >= 4 is 17.1 Å². The third-order valence-corrected chi connectivity index (χ3v) is 5.26. The molecule has 1 saturated heterocycles. The minimum absolute atomic E-state index is 0.0842. The molecule has 2 fully saturated rings. The summed E-state index contributed by atoms with van der Waals surface area (Å²) in [5.74, 6) is 0.386. The molecule has 1 aliphatic carbocycles. The number of amides is 1. The number of nitrogens with zero attached hydrogens (tertiary/aromatic N) is 3. The number of fused-ring (bicyclic) bond motifs is 2. The zero-order chi connectivity index (χ0) is 16.8. The van der Waals surface area contributed by atoms with Crippen molar-refractivity contribution in [2.45, 2.75) is 25.0 Å². The zero-order valence-corrected chi connectivity index (χ0v) is 13.6. The Bertz CT molecular complexity index is 937. The molecule has 0 bridgehead atoms. The summed E-state index contributed by atoms with van der Waals surface area (Å²) in [6.07, 6.45) is 5.65. The highest BCUT2D eigenvalue weighted by Gasteiger charge is 2.45. The van der Waals surface area contributed by atoms with E-state index in [1.807, 2.05) is 34.9 Å². The number of imidazole rings is 1. The predicted octanol–water partition coefficient (Wildman–Crippen LogP) is 2.33. The second kappa shape index (κ2) is 5.67. The third-order valence-electron chi connectivity index (χ3n) is 5.26. The Morgan fingerprint density at radius 3 is 2.96 bits per heavy atom. The highest BCUT2D eigenvalue weighted by atomic mass is 16.5. The fourth-order valence-corrected chi connectivity index (χ4v) is 3.82. The summed E-state index contributed by atoms with van der Waals surface area (Å²) in [5.41, 5.74) is 3.01. The first-order chi connectivity index (χ1) is 12.3. The van der Waals surface area contributed by atoms with Gasteiger partial charge < -0.3 is 10.1 Å². The topological polar surface area (TPSA) is 69.0 Å². The fourth-order valence-electron chi connectivity index (χ4n) is 3.82. The number of carbonyl (C=O) groups excluding carboxylic acids is 1. The lowest BCUT2D eigenvalue weighted by Crippen LogP contribution is -2.53. The normalized spacial score (nSPS) is 24.7. The van der Waals surface area contributed by atoms with E-state index in [0.717, 1.165) is 30.8 Å². The minimum atomic E-state index is -0.0842. The van der Waals surface area contributed by atoms with Crippen molar-refractivity contribution in [1.82, 2.24) is 19.9 Å². The second-order valence-corrected chi connectivity index (χ2v) is 6.69. The Hall–Kier alpha value is -2.73. The van der Waals surface area contributed by atoms with Gasteiger partial charge in [-0.25, -0.2) is 9.97 Å². The van der Waals surface area contributed by atoms with E-state index in [1.165, 1.54) is 0 Å². The average Bonchev–Trinajstić information content (AvgIpc) is 3.23. The number of hydrogen-bond acceptors (Lipinski definition) is 4. The van der Waals surface area contributed by atoms with E-state index in [2.05, 4.69) is 15.3 Å². The van der Waals surface area contributed by atoms with E-state index in [4.69, 9.17) is 4.74 Å². The molecule has 2 aromatic heterocycles. The Morgan fingerprint density at radius 2 is 2.12 bits per heavy atom. The molecule has 1 aromatic carbocycles. The SMILES string of the molecule is O=C(N[C@@H]1C[C@H]2OCC[C@@H]12)c1cnc2c(c1)ncn2-c1ccccc1. The van der Waals surface area contributed by atoms with Gasteiger partial charge in [0, 0.05) is 30.5 Å². The number of para-hydroxylation sites is 1. The monoisotopic (exact) mass is 334 g/mol. The fraction of sp³-hybridized carbons (Fsp3) is 0.316. The lowest BCUT2D eigenvalue weighted by molar-refractivity contribution is 0.00809. The molecule has 0 spiro atoms. The molecule has 3 aromatic rings. The number of rotatable bonds is 3. The van der Waals surface area contributed by atoms with Crippen molar-refractivity contribution in [1.29, 1.82) is 0 Å². The molecule has 2 aliphatic rings. The van der Waals surface area contributed by atoms with Crippen LogP contribution in [0.4, 0.5) is 0 Å². The van der Waals surface area contributed by atoms with Gasteiger partial charge in [-0.15, -0.1) is 0 Å². The number of aromatic nitrogens is 3. The first-order valence-corrected chi connectivity index (χ1v) is 8.60. The van der Waals surface area contributed by atoms with Crippen LogP contribution >= 0.6 is 0 Å². The summed E-state index contributed by atoms with van der Waals surface area (Å²) in [7, 11) is 0. The molecule has 3 heterocycles. The Morgan fingerprint density at radius 1 is 1.24 bits per heavy atom. The van der Waals surface area contributed by atoms with Crippen LogP contribution in [-0.4, -0.2) is 39.2 Å². The molecule has 126 valence electrons. The Kier molecular flexibility index (Phi) is 3.31. The Balaban J connectivity index is 1.39. The molecule has 5 rings (SSSR count). The molecule has 3 atom stereocenters. The largest absolute Gasteiger partial charge is 0.378 e. The molecule has 1 amide bonds. The summed E-state index contributed by atoms with van der Waals surface area (Å²) < 4.78 is 7.52. The highest BCUT2D eigenvalue weighted by molar-refractivity contribution is 5.96. The van der Waals surface area contributed by atoms with Gasteiger partial charge in [0.05, 0.1) is 11.7 Å². The van der Waals surface area contributed by atoms with Gasteiger partial charge in [0.2, 0.25) is 0 Å². The molecule has 6 heteroatoms. The molecule has 0 unspecified atom stereocenters. The van der Waals surface area contributed by atoms with Crippen molar-refractivity contribution < 1.29 is 9.53 Å². The van der Waals surface area contributed by atoms with Gasteiger partial charge in [-0.05, 0) is 31.0 Å². The molecule has 1 aliphatic heterocycles. The van der Waals surface area contributed by atoms with Gasteiger partial charge in [-0.1, -0.05) is 18.2 Å². The molecule has 0 radical (unpaired) electrons. The van der Waals surface area contributed by atoms with Crippen LogP contribution < -0.4 is 5.32 Å². The van der Waals surface area contributed by atoms with Crippen molar-refractivity contribution in [3.8, 4) is 5.69 Å². The van der Waals surface area contributed by atoms with Crippen LogP contribution in [-0.2, 0) is 4.74 Å². The number of pyridine rings is 1. The summed E-state index contributed by atoms with van der Waals surface area (Å²) in [4.78, 5) is 21.4. The maximum Gasteiger partial charge on any atom is 0.253 e. The standard InChI is InChI=1S/C19H18N4O2/c24-19(22-15-9-17-14(15)6-7-25-17)12-8-16-18(20-10-12)23(11-21-16)13-4-2-1-3-5-13/h1-5,8,10-11,14-15,17H,6-7,9H2,(H,22,24)/t14-,15+,17+/m0/s1. The summed E-state index contributed by atoms with van der Waals surface area (Å²) in [6.45, 7) is 0.812. The van der Waals surface area contributed by atoms with Gasteiger partial charge in [0.15, 0.2) is 5.65 Å². The van der Waals surface area contributed by atoms with Gasteiger partial charge in [0.1, 0.15) is 11.8 Å². The number of ether oxygens (including phenoxy) is 1. The maximum absolute atomic E-state index is 12.5. The number of benzene rings is 1.